The second kappa shape index (κ2) is 5.38. The molecule has 0 saturated heterocycles. The van der Waals surface area contributed by atoms with E-state index < -0.39 is 5.97 Å². The summed E-state index contributed by atoms with van der Waals surface area (Å²) >= 11 is 0. The highest BCUT2D eigenvalue weighted by Gasteiger charge is 2.16. The van der Waals surface area contributed by atoms with Crippen molar-refractivity contribution in [2.24, 2.45) is 0 Å². The minimum Gasteiger partial charge on any atom is -0.478 e. The van der Waals surface area contributed by atoms with Gasteiger partial charge in [-0.1, -0.05) is 24.3 Å². The van der Waals surface area contributed by atoms with Crippen molar-refractivity contribution in [1.82, 2.24) is 0 Å². The molecular weight excluding hydrogens is 218 g/mol. The molecule has 1 aliphatic heterocycles. The number of hydrogen-bond acceptors (Lipinski definition) is 2. The molecular formula is C10H12ClNO3. The molecule has 0 amide bonds. The first kappa shape index (κ1) is 13.5. The summed E-state index contributed by atoms with van der Waals surface area (Å²) < 4.78 is 0. The first-order chi connectivity index (χ1) is 6.29. The molecule has 0 unspecified atom stereocenters. The third kappa shape index (κ3) is 2.49. The number of nitrogens with one attached hydrogen (secondary N) is 1. The topological polar surface area (TPSA) is 80.8 Å². The molecule has 5 heteroatoms. The Bertz CT molecular complexity index is 390. The largest absolute Gasteiger partial charge is 0.478 e. The lowest BCUT2D eigenvalue weighted by Crippen LogP contribution is -2.12. The van der Waals surface area contributed by atoms with Crippen LogP contribution in [0.3, 0.4) is 0 Å². The zero-order chi connectivity index (χ0) is 9.26. The van der Waals surface area contributed by atoms with Gasteiger partial charge in [-0.3, -0.25) is 0 Å². The fourth-order valence-corrected chi connectivity index (χ4v) is 1.45. The van der Waals surface area contributed by atoms with Crippen molar-refractivity contribution in [3.63, 3.8) is 0 Å². The van der Waals surface area contributed by atoms with Gasteiger partial charge in [-0.05, 0) is 6.07 Å². The maximum Gasteiger partial charge on any atom is 0.336 e. The molecule has 0 fully saturated rings. The summed E-state index contributed by atoms with van der Waals surface area (Å²) in [5.41, 5.74) is 2.04. The number of aliphatic carboxylic acids is 1. The van der Waals surface area contributed by atoms with Gasteiger partial charge in [0.05, 0.1) is 5.57 Å². The standard InChI is InChI=1S/C10H9NO2.ClH.H2O/c12-10(13)8-5-6-11-9-4-2-1-3-7(8)9;;/h1-5,11H,6H2,(H,12,13);1H;1H2. The number of carboxylic acids is 1. The Balaban J connectivity index is 0.000000980. The quantitative estimate of drug-likeness (QED) is 0.759. The molecule has 15 heavy (non-hydrogen) atoms. The molecule has 1 aliphatic rings. The van der Waals surface area contributed by atoms with Crippen LogP contribution in [0.4, 0.5) is 5.69 Å². The Hall–Kier alpha value is -1.52. The third-order valence-corrected chi connectivity index (χ3v) is 2.05. The molecule has 1 heterocycles. The van der Waals surface area contributed by atoms with Crippen LogP contribution in [0.5, 0.6) is 0 Å². The fraction of sp³-hybridized carbons (Fsp3) is 0.100. The predicted molar refractivity (Wildman–Crippen MR) is 61.4 cm³/mol. The molecule has 82 valence electrons. The Morgan fingerprint density at radius 3 is 2.67 bits per heavy atom. The highest BCUT2D eigenvalue weighted by Crippen LogP contribution is 2.26. The Morgan fingerprint density at radius 2 is 2.00 bits per heavy atom. The molecule has 0 spiro atoms. The van der Waals surface area contributed by atoms with E-state index in [0.29, 0.717) is 12.1 Å². The summed E-state index contributed by atoms with van der Waals surface area (Å²) in [5.74, 6) is -0.867. The van der Waals surface area contributed by atoms with Crippen molar-refractivity contribution in [1.29, 1.82) is 0 Å². The SMILES string of the molecule is Cl.O.O=C(O)C1=CCNc2ccccc21. The van der Waals surface area contributed by atoms with Crippen molar-refractivity contribution < 1.29 is 15.4 Å². The lowest BCUT2D eigenvalue weighted by atomic mass is 10.0. The molecule has 0 aliphatic carbocycles. The van der Waals surface area contributed by atoms with E-state index in [1.165, 1.54) is 0 Å². The van der Waals surface area contributed by atoms with Gasteiger partial charge in [0.15, 0.2) is 0 Å². The van der Waals surface area contributed by atoms with Crippen LogP contribution in [0, 0.1) is 0 Å². The lowest BCUT2D eigenvalue weighted by molar-refractivity contribution is -0.130. The molecule has 1 aromatic carbocycles. The second-order valence-corrected chi connectivity index (χ2v) is 2.85. The van der Waals surface area contributed by atoms with E-state index in [-0.39, 0.29) is 17.9 Å². The number of rotatable bonds is 1. The smallest absolute Gasteiger partial charge is 0.336 e. The first-order valence-corrected chi connectivity index (χ1v) is 4.06. The molecule has 2 rings (SSSR count). The number of para-hydroxylation sites is 1. The zero-order valence-electron chi connectivity index (χ0n) is 7.86. The highest BCUT2D eigenvalue weighted by molar-refractivity contribution is 6.17. The van der Waals surface area contributed by atoms with Crippen LogP contribution in [-0.2, 0) is 4.79 Å². The van der Waals surface area contributed by atoms with Crippen molar-refractivity contribution in [2.75, 3.05) is 11.9 Å². The van der Waals surface area contributed by atoms with E-state index >= 15 is 0 Å². The van der Waals surface area contributed by atoms with Crippen LogP contribution in [-0.4, -0.2) is 23.1 Å². The Morgan fingerprint density at radius 1 is 1.33 bits per heavy atom. The van der Waals surface area contributed by atoms with E-state index in [1.54, 1.807) is 12.1 Å². The van der Waals surface area contributed by atoms with Crippen molar-refractivity contribution in [2.45, 2.75) is 0 Å². The number of anilines is 1. The van der Waals surface area contributed by atoms with Gasteiger partial charge in [0.2, 0.25) is 0 Å². The van der Waals surface area contributed by atoms with E-state index in [2.05, 4.69) is 5.32 Å². The van der Waals surface area contributed by atoms with Gasteiger partial charge in [-0.2, -0.15) is 0 Å². The van der Waals surface area contributed by atoms with Crippen molar-refractivity contribution in [3.8, 4) is 0 Å². The molecule has 4 N–H and O–H groups in total. The summed E-state index contributed by atoms with van der Waals surface area (Å²) in [7, 11) is 0. The number of benzene rings is 1. The minimum atomic E-state index is -0.867. The van der Waals surface area contributed by atoms with Gasteiger partial charge in [0.25, 0.3) is 0 Å². The highest BCUT2D eigenvalue weighted by atomic mass is 35.5. The summed E-state index contributed by atoms with van der Waals surface area (Å²) in [5, 5.41) is 12.0. The molecule has 1 aromatic rings. The van der Waals surface area contributed by atoms with E-state index in [9.17, 15) is 4.79 Å². The summed E-state index contributed by atoms with van der Waals surface area (Å²) in [6, 6.07) is 7.41. The molecule has 0 atom stereocenters. The van der Waals surface area contributed by atoms with Crippen LogP contribution in [0.1, 0.15) is 5.56 Å². The van der Waals surface area contributed by atoms with Crippen LogP contribution in [0.2, 0.25) is 0 Å². The minimum absolute atomic E-state index is 0. The first-order valence-electron chi connectivity index (χ1n) is 4.06. The van der Waals surface area contributed by atoms with Crippen LogP contribution in [0.15, 0.2) is 30.3 Å². The monoisotopic (exact) mass is 229 g/mol. The average Bonchev–Trinajstić information content (AvgIpc) is 2.17. The molecule has 0 bridgehead atoms. The van der Waals surface area contributed by atoms with Crippen LogP contribution < -0.4 is 5.32 Å². The number of carboxylic acid groups (broad SMARTS) is 1. The molecule has 4 nitrogen and oxygen atoms in total. The van der Waals surface area contributed by atoms with Crippen LogP contribution >= 0.6 is 12.4 Å². The van der Waals surface area contributed by atoms with Crippen molar-refractivity contribution >= 4 is 29.6 Å². The number of halogens is 1. The Kier molecular flexibility index (Phi) is 4.84. The van der Waals surface area contributed by atoms with E-state index in [1.807, 2.05) is 18.2 Å². The summed E-state index contributed by atoms with van der Waals surface area (Å²) in [6.45, 7) is 0.582. The lowest BCUT2D eigenvalue weighted by Gasteiger charge is -2.16. The maximum atomic E-state index is 10.8. The van der Waals surface area contributed by atoms with Gasteiger partial charge < -0.3 is 15.9 Å². The molecule has 0 aromatic heterocycles. The van der Waals surface area contributed by atoms with E-state index in [0.717, 1.165) is 11.3 Å². The van der Waals surface area contributed by atoms with Crippen molar-refractivity contribution in [3.05, 3.63) is 35.9 Å². The Labute approximate surface area is 93.3 Å². The normalized spacial score (nSPS) is 12.1. The maximum absolute atomic E-state index is 10.8. The zero-order valence-corrected chi connectivity index (χ0v) is 8.67. The fourth-order valence-electron chi connectivity index (χ4n) is 1.45. The molecule has 0 radical (unpaired) electrons. The van der Waals surface area contributed by atoms with Gasteiger partial charge in [-0.25, -0.2) is 4.79 Å². The predicted octanol–water partition coefficient (Wildman–Crippen LogP) is 1.18. The summed E-state index contributed by atoms with van der Waals surface area (Å²) in [6.07, 6.45) is 1.69. The second-order valence-electron chi connectivity index (χ2n) is 2.85. The third-order valence-electron chi connectivity index (χ3n) is 2.05. The van der Waals surface area contributed by atoms with Gasteiger partial charge in [0, 0.05) is 17.8 Å². The molecule has 0 saturated carbocycles. The van der Waals surface area contributed by atoms with Gasteiger partial charge in [0.1, 0.15) is 0 Å². The number of carbonyl (C=O) groups is 1. The van der Waals surface area contributed by atoms with Gasteiger partial charge in [-0.15, -0.1) is 12.4 Å². The van der Waals surface area contributed by atoms with Gasteiger partial charge >= 0.3 is 5.97 Å². The summed E-state index contributed by atoms with van der Waals surface area (Å²) in [4.78, 5) is 10.8. The average molecular weight is 230 g/mol. The van der Waals surface area contributed by atoms with E-state index in [4.69, 9.17) is 5.11 Å². The van der Waals surface area contributed by atoms with Crippen LogP contribution in [0.25, 0.3) is 5.57 Å². The number of fused-ring (bicyclic) bond motifs is 1. The number of hydrogen-bond donors (Lipinski definition) is 2.